The van der Waals surface area contributed by atoms with Crippen LogP contribution in [0.25, 0.3) is 0 Å². The molecule has 2 aromatic carbocycles. The van der Waals surface area contributed by atoms with Crippen LogP contribution in [-0.4, -0.2) is 49.4 Å². The fraction of sp³-hybridized carbons (Fsp3) is 0.192. The van der Waals surface area contributed by atoms with Gasteiger partial charge in [-0.25, -0.2) is 15.0 Å². The summed E-state index contributed by atoms with van der Waals surface area (Å²) in [6.45, 7) is 1.19. The van der Waals surface area contributed by atoms with Crippen molar-refractivity contribution in [3.63, 3.8) is 0 Å². The number of fused-ring (bicyclic) bond motifs is 1. The van der Waals surface area contributed by atoms with E-state index < -0.39 is 6.04 Å². The number of imidazole rings is 1. The molecule has 1 N–H and O–H groups in total. The molecule has 2 amide bonds. The monoisotopic (exact) mass is 468 g/mol. The first-order valence-corrected chi connectivity index (χ1v) is 11.3. The average molecular weight is 469 g/mol. The van der Waals surface area contributed by atoms with Crippen LogP contribution >= 0.6 is 0 Å². The molecule has 0 radical (unpaired) electrons. The Hall–Kier alpha value is -4.53. The van der Waals surface area contributed by atoms with Crippen molar-refractivity contribution in [1.82, 2.24) is 29.7 Å². The number of benzene rings is 2. The first kappa shape index (κ1) is 22.3. The van der Waals surface area contributed by atoms with Crippen molar-refractivity contribution < 1.29 is 14.3 Å². The van der Waals surface area contributed by atoms with Crippen LogP contribution in [0.1, 0.15) is 33.6 Å². The van der Waals surface area contributed by atoms with Gasteiger partial charge in [0.25, 0.3) is 11.8 Å². The molecule has 0 spiro atoms. The predicted octanol–water partition coefficient (Wildman–Crippen LogP) is 2.61. The molecule has 0 aliphatic carbocycles. The molecular weight excluding hydrogens is 444 g/mol. The van der Waals surface area contributed by atoms with E-state index in [9.17, 15) is 9.59 Å². The van der Waals surface area contributed by atoms with E-state index in [-0.39, 0.29) is 25.0 Å². The number of rotatable bonds is 7. The summed E-state index contributed by atoms with van der Waals surface area (Å²) in [6.07, 6.45) is 4.80. The van der Waals surface area contributed by atoms with Crippen LogP contribution in [0, 0.1) is 0 Å². The standard InChI is InChI=1S/C26H24N6O3/c33-23(17-35-21-9-5-2-6-10-21)32-14-13-31-16-22(26(34)28-15-20-11-12-27-18-29-20)30-25(31)24(32)19-7-3-1-4-8-19/h1-12,16,18,24H,13-15,17H2,(H,28,34). The third-order valence-electron chi connectivity index (χ3n) is 5.79. The van der Waals surface area contributed by atoms with Crippen molar-refractivity contribution >= 4 is 11.8 Å². The molecule has 0 saturated carbocycles. The second-order valence-electron chi connectivity index (χ2n) is 8.06. The van der Waals surface area contributed by atoms with E-state index in [1.54, 1.807) is 23.4 Å². The minimum absolute atomic E-state index is 0.0830. The number of hydrogen-bond donors (Lipinski definition) is 1. The molecular formula is C26H24N6O3. The summed E-state index contributed by atoms with van der Waals surface area (Å²) < 4.78 is 7.66. The Morgan fingerprint density at radius 3 is 2.51 bits per heavy atom. The molecule has 0 saturated heterocycles. The van der Waals surface area contributed by atoms with Crippen LogP contribution in [-0.2, 0) is 17.9 Å². The first-order valence-electron chi connectivity index (χ1n) is 11.3. The molecule has 176 valence electrons. The number of hydrogen-bond acceptors (Lipinski definition) is 6. The van der Waals surface area contributed by atoms with Gasteiger partial charge in [-0.05, 0) is 23.8 Å². The summed E-state index contributed by atoms with van der Waals surface area (Å²) in [4.78, 5) is 40.5. The third kappa shape index (κ3) is 5.03. The third-order valence-corrected chi connectivity index (χ3v) is 5.79. The molecule has 5 rings (SSSR count). The molecule has 1 aliphatic heterocycles. The Morgan fingerprint density at radius 2 is 1.77 bits per heavy atom. The van der Waals surface area contributed by atoms with E-state index in [2.05, 4.69) is 20.3 Å². The highest BCUT2D eigenvalue weighted by atomic mass is 16.5. The number of para-hydroxylation sites is 1. The average Bonchev–Trinajstić information content (AvgIpc) is 3.36. The molecule has 0 bridgehead atoms. The van der Waals surface area contributed by atoms with Gasteiger partial charge in [0.05, 0.1) is 12.2 Å². The maximum atomic E-state index is 13.2. The minimum Gasteiger partial charge on any atom is -0.484 e. The van der Waals surface area contributed by atoms with Gasteiger partial charge in [0, 0.05) is 25.5 Å². The van der Waals surface area contributed by atoms with Gasteiger partial charge >= 0.3 is 0 Å². The Bertz CT molecular complexity index is 1290. The molecule has 1 aliphatic rings. The van der Waals surface area contributed by atoms with Crippen LogP contribution in [0.15, 0.2) is 85.5 Å². The van der Waals surface area contributed by atoms with E-state index in [1.165, 1.54) is 6.33 Å². The maximum absolute atomic E-state index is 13.2. The lowest BCUT2D eigenvalue weighted by Gasteiger charge is -2.36. The normalized spacial score (nSPS) is 14.7. The molecule has 3 heterocycles. The summed E-state index contributed by atoms with van der Waals surface area (Å²) in [7, 11) is 0. The van der Waals surface area contributed by atoms with Crippen molar-refractivity contribution in [1.29, 1.82) is 0 Å². The Balaban J connectivity index is 1.37. The molecule has 1 unspecified atom stereocenters. The summed E-state index contributed by atoms with van der Waals surface area (Å²) in [6, 6.07) is 20.3. The summed E-state index contributed by atoms with van der Waals surface area (Å²) in [5.74, 6) is 0.829. The second-order valence-corrected chi connectivity index (χ2v) is 8.06. The summed E-state index contributed by atoms with van der Waals surface area (Å²) >= 11 is 0. The predicted molar refractivity (Wildman–Crippen MR) is 127 cm³/mol. The van der Waals surface area contributed by atoms with E-state index in [4.69, 9.17) is 4.74 Å². The lowest BCUT2D eigenvalue weighted by Crippen LogP contribution is -2.44. The number of nitrogens with zero attached hydrogens (tertiary/aromatic N) is 5. The fourth-order valence-electron chi connectivity index (χ4n) is 4.08. The number of carbonyl (C=O) groups is 2. The SMILES string of the molecule is O=C(NCc1ccncn1)c1cn2c(n1)C(c1ccccc1)N(C(=O)COc1ccccc1)CC2. The Morgan fingerprint density at radius 1 is 1.00 bits per heavy atom. The van der Waals surface area contributed by atoms with Crippen molar-refractivity contribution in [2.45, 2.75) is 19.1 Å². The zero-order valence-electron chi connectivity index (χ0n) is 18.9. The van der Waals surface area contributed by atoms with Crippen LogP contribution in [0.5, 0.6) is 5.75 Å². The van der Waals surface area contributed by atoms with Crippen molar-refractivity contribution in [2.24, 2.45) is 0 Å². The van der Waals surface area contributed by atoms with Gasteiger partial charge in [-0.15, -0.1) is 0 Å². The molecule has 1 atom stereocenters. The number of aromatic nitrogens is 4. The van der Waals surface area contributed by atoms with E-state index >= 15 is 0 Å². The minimum atomic E-state index is -0.430. The number of nitrogens with one attached hydrogen (secondary N) is 1. The molecule has 0 fully saturated rings. The number of ether oxygens (including phenoxy) is 1. The smallest absolute Gasteiger partial charge is 0.271 e. The Labute approximate surface area is 202 Å². The molecule has 9 heteroatoms. The lowest BCUT2D eigenvalue weighted by atomic mass is 10.0. The second kappa shape index (κ2) is 10.2. The maximum Gasteiger partial charge on any atom is 0.271 e. The van der Waals surface area contributed by atoms with Crippen molar-refractivity contribution in [3.05, 3.63) is 108 Å². The zero-order chi connectivity index (χ0) is 24.0. The molecule has 9 nitrogen and oxygen atoms in total. The van der Waals surface area contributed by atoms with Gasteiger partial charge in [0.2, 0.25) is 0 Å². The van der Waals surface area contributed by atoms with Crippen molar-refractivity contribution in [3.8, 4) is 5.75 Å². The van der Waals surface area contributed by atoms with Crippen LogP contribution in [0.4, 0.5) is 0 Å². The lowest BCUT2D eigenvalue weighted by molar-refractivity contribution is -0.136. The van der Waals surface area contributed by atoms with Gasteiger partial charge in [0.15, 0.2) is 6.61 Å². The highest BCUT2D eigenvalue weighted by Crippen LogP contribution is 2.31. The number of carbonyl (C=O) groups excluding carboxylic acids is 2. The van der Waals surface area contributed by atoms with E-state index in [1.807, 2.05) is 65.2 Å². The van der Waals surface area contributed by atoms with E-state index in [0.717, 1.165) is 5.56 Å². The van der Waals surface area contributed by atoms with Crippen LogP contribution in [0.2, 0.25) is 0 Å². The quantitative estimate of drug-likeness (QED) is 0.447. The largest absolute Gasteiger partial charge is 0.484 e. The highest BCUT2D eigenvalue weighted by Gasteiger charge is 2.35. The van der Waals surface area contributed by atoms with Crippen molar-refractivity contribution in [2.75, 3.05) is 13.2 Å². The summed E-state index contributed by atoms with van der Waals surface area (Å²) in [5.41, 5.74) is 1.92. The Kier molecular flexibility index (Phi) is 6.47. The molecule has 35 heavy (non-hydrogen) atoms. The topological polar surface area (TPSA) is 102 Å². The van der Waals surface area contributed by atoms with Gasteiger partial charge in [-0.2, -0.15) is 0 Å². The fourth-order valence-corrected chi connectivity index (χ4v) is 4.08. The van der Waals surface area contributed by atoms with Crippen LogP contribution in [0.3, 0.4) is 0 Å². The van der Waals surface area contributed by atoms with Crippen LogP contribution < -0.4 is 10.1 Å². The summed E-state index contributed by atoms with van der Waals surface area (Å²) in [5, 5.41) is 2.85. The highest BCUT2D eigenvalue weighted by molar-refractivity contribution is 5.92. The first-order chi connectivity index (χ1) is 17.2. The zero-order valence-corrected chi connectivity index (χ0v) is 18.9. The molecule has 4 aromatic rings. The van der Waals surface area contributed by atoms with Gasteiger partial charge < -0.3 is 19.5 Å². The van der Waals surface area contributed by atoms with Gasteiger partial charge in [0.1, 0.15) is 29.6 Å². The van der Waals surface area contributed by atoms with Gasteiger partial charge in [-0.1, -0.05) is 48.5 Å². The van der Waals surface area contributed by atoms with E-state index in [0.29, 0.717) is 36.1 Å². The van der Waals surface area contributed by atoms with Gasteiger partial charge in [-0.3, -0.25) is 9.59 Å². The molecule has 2 aromatic heterocycles. The number of amides is 2.